The third-order valence-corrected chi connectivity index (χ3v) is 11.0. The number of nitrogens with one attached hydrogen (secondary N) is 3. The number of pyridine rings is 1. The van der Waals surface area contributed by atoms with Crippen LogP contribution >= 0.6 is 0 Å². The molecule has 4 heterocycles. The third-order valence-electron chi connectivity index (χ3n) is 11.0. The zero-order valence-electron chi connectivity index (χ0n) is 32.8. The number of aliphatic hydroxyl groups is 1. The highest BCUT2D eigenvalue weighted by Crippen LogP contribution is 2.35. The van der Waals surface area contributed by atoms with Crippen LogP contribution in [0.2, 0.25) is 0 Å². The number of hydrogen-bond acceptors (Lipinski definition) is 10. The summed E-state index contributed by atoms with van der Waals surface area (Å²) in [5.74, 6) is -0.507. The molecule has 3 aliphatic rings. The Morgan fingerprint density at radius 3 is 2.45 bits per heavy atom. The standard InChI is InChI=1S/C45H47F3N4O8/c46-45(47,48)36-23-28(11-12-35(36)43(56)58-22-5-4-19-49-25-38(54)33-13-15-37(53)42-34(33)14-16-40(55)50-42)27-59-32-10-6-9-31(24-32)41(30-7-2-1-3-8-30)51-44(57)60-39-26-52-20-17-29(39)18-21-52/h1-3,6-16,23-24,29,38-39,41,49,53-54H,4-5,17-22,25-27H2,(H,50,55)(H,51,57). The summed E-state index contributed by atoms with van der Waals surface area (Å²) in [7, 11) is 0. The molecule has 3 aliphatic heterocycles. The first-order chi connectivity index (χ1) is 28.9. The Balaban J connectivity index is 0.911. The minimum absolute atomic E-state index is 0.117. The number of ether oxygens (including phenoxy) is 3. The number of rotatable bonds is 16. The number of hydrogen-bond donors (Lipinski definition) is 5. The number of carbonyl (C=O) groups excluding carboxylic acids is 2. The molecular weight excluding hydrogens is 782 g/mol. The van der Waals surface area contributed by atoms with Crippen LogP contribution in [-0.4, -0.2) is 77.6 Å². The van der Waals surface area contributed by atoms with Crippen LogP contribution in [0.4, 0.5) is 18.0 Å². The Bertz CT molecular complexity index is 2330. The number of amides is 1. The van der Waals surface area contributed by atoms with E-state index in [1.807, 2.05) is 36.4 Å². The summed E-state index contributed by atoms with van der Waals surface area (Å²) in [6.07, 6.45) is -3.65. The Kier molecular flexibility index (Phi) is 13.4. The van der Waals surface area contributed by atoms with Gasteiger partial charge in [-0.1, -0.05) is 54.6 Å². The number of aromatic amines is 1. The molecule has 12 nitrogen and oxygen atoms in total. The largest absolute Gasteiger partial charge is 0.506 e. The quantitative estimate of drug-likeness (QED) is 0.0517. The number of phenolic OH excluding ortho intramolecular Hbond substituents is 1. The summed E-state index contributed by atoms with van der Waals surface area (Å²) in [5.41, 5.74) is 0.276. The number of halogens is 3. The van der Waals surface area contributed by atoms with Crippen LogP contribution < -0.4 is 20.9 Å². The number of aromatic hydroxyl groups is 1. The van der Waals surface area contributed by atoms with Gasteiger partial charge in [0.1, 0.15) is 24.2 Å². The van der Waals surface area contributed by atoms with E-state index >= 15 is 0 Å². The maximum absolute atomic E-state index is 14.2. The first kappa shape index (κ1) is 42.2. The second-order valence-electron chi connectivity index (χ2n) is 15.2. The van der Waals surface area contributed by atoms with Crippen molar-refractivity contribution in [2.24, 2.45) is 5.92 Å². The summed E-state index contributed by atoms with van der Waals surface area (Å²) in [5, 5.41) is 27.4. The maximum Gasteiger partial charge on any atom is 0.417 e. The van der Waals surface area contributed by atoms with Crippen LogP contribution in [0, 0.1) is 5.92 Å². The van der Waals surface area contributed by atoms with Gasteiger partial charge in [0.15, 0.2) is 0 Å². The molecule has 0 radical (unpaired) electrons. The molecule has 15 heteroatoms. The van der Waals surface area contributed by atoms with Crippen molar-refractivity contribution in [1.29, 1.82) is 0 Å². The average molecular weight is 829 g/mol. The van der Waals surface area contributed by atoms with Gasteiger partial charge in [-0.2, -0.15) is 13.2 Å². The van der Waals surface area contributed by atoms with Gasteiger partial charge in [-0.05, 0) is 110 Å². The van der Waals surface area contributed by atoms with Crippen LogP contribution in [0.3, 0.4) is 0 Å². The fraction of sp³-hybridized carbons (Fsp3) is 0.356. The summed E-state index contributed by atoms with van der Waals surface area (Å²) in [4.78, 5) is 42.6. The Labute approximate surface area is 344 Å². The number of fused-ring (bicyclic) bond motifs is 4. The molecule has 0 saturated carbocycles. The number of aromatic nitrogens is 1. The molecule has 5 aromatic rings. The second kappa shape index (κ2) is 19.0. The molecule has 3 fully saturated rings. The lowest BCUT2D eigenvalue weighted by Crippen LogP contribution is -2.52. The molecule has 5 N–H and O–H groups in total. The molecule has 0 aliphatic carbocycles. The predicted octanol–water partition coefficient (Wildman–Crippen LogP) is 7.00. The first-order valence-corrected chi connectivity index (χ1v) is 20.0. The fourth-order valence-corrected chi connectivity index (χ4v) is 7.88. The van der Waals surface area contributed by atoms with Crippen molar-refractivity contribution in [3.8, 4) is 11.5 Å². The highest BCUT2D eigenvalue weighted by atomic mass is 19.4. The van der Waals surface area contributed by atoms with E-state index in [1.54, 1.807) is 24.3 Å². The number of alkyl halides is 3. The van der Waals surface area contributed by atoms with Gasteiger partial charge in [0.05, 0.1) is 35.4 Å². The minimum atomic E-state index is -4.84. The fourth-order valence-electron chi connectivity index (χ4n) is 7.88. The minimum Gasteiger partial charge on any atom is -0.506 e. The highest BCUT2D eigenvalue weighted by molar-refractivity contribution is 5.91. The zero-order chi connectivity index (χ0) is 42.2. The van der Waals surface area contributed by atoms with Gasteiger partial charge in [0, 0.05) is 24.5 Å². The van der Waals surface area contributed by atoms with Crippen LogP contribution in [0.25, 0.3) is 10.9 Å². The van der Waals surface area contributed by atoms with Crippen molar-refractivity contribution >= 4 is 23.0 Å². The van der Waals surface area contributed by atoms with Crippen molar-refractivity contribution in [3.05, 3.63) is 141 Å². The number of phenols is 1. The van der Waals surface area contributed by atoms with Crippen molar-refractivity contribution in [3.63, 3.8) is 0 Å². The molecule has 1 amide bonds. The lowest BCUT2D eigenvalue weighted by molar-refractivity contribution is -0.138. The number of unbranched alkanes of at least 4 members (excludes halogenated alkanes) is 1. The topological polar surface area (TPSA) is 162 Å². The van der Waals surface area contributed by atoms with E-state index in [0.717, 1.165) is 50.2 Å². The van der Waals surface area contributed by atoms with E-state index in [4.69, 9.17) is 14.2 Å². The smallest absolute Gasteiger partial charge is 0.417 e. The number of carbonyl (C=O) groups is 2. The number of piperidine rings is 3. The molecule has 2 bridgehead atoms. The van der Waals surface area contributed by atoms with E-state index in [9.17, 15) is 37.8 Å². The number of H-pyrrole nitrogens is 1. The molecule has 3 saturated heterocycles. The lowest BCUT2D eigenvalue weighted by atomic mass is 9.86. The molecule has 60 heavy (non-hydrogen) atoms. The summed E-state index contributed by atoms with van der Waals surface area (Å²) in [6.45, 7) is 2.99. The van der Waals surface area contributed by atoms with Crippen molar-refractivity contribution in [1.82, 2.24) is 20.5 Å². The van der Waals surface area contributed by atoms with Crippen molar-refractivity contribution in [2.45, 2.75) is 56.7 Å². The summed E-state index contributed by atoms with van der Waals surface area (Å²) < 4.78 is 59.8. The average Bonchev–Trinajstić information content (AvgIpc) is 3.25. The van der Waals surface area contributed by atoms with E-state index in [2.05, 4.69) is 20.5 Å². The van der Waals surface area contributed by atoms with Crippen LogP contribution in [0.15, 0.2) is 102 Å². The van der Waals surface area contributed by atoms with Gasteiger partial charge in [0.2, 0.25) is 5.56 Å². The number of nitrogens with zero attached hydrogens (tertiary/aromatic N) is 1. The SMILES string of the molecule is O=C(NC(c1ccccc1)c1cccc(OCc2ccc(C(=O)OCCCCNCC(O)c3ccc(O)c4[nH]c(=O)ccc34)c(C(F)(F)F)c2)c1)OC1CN2CCC1CC2. The summed E-state index contributed by atoms with van der Waals surface area (Å²) in [6, 6.07) is 24.9. The Morgan fingerprint density at radius 1 is 0.917 bits per heavy atom. The van der Waals surface area contributed by atoms with E-state index in [-0.39, 0.29) is 48.3 Å². The number of alkyl carbamates (subject to hydrolysis) is 1. The molecule has 1 aromatic heterocycles. The van der Waals surface area contributed by atoms with Gasteiger partial charge < -0.3 is 40.0 Å². The monoisotopic (exact) mass is 828 g/mol. The molecule has 3 atom stereocenters. The van der Waals surface area contributed by atoms with Gasteiger partial charge in [-0.15, -0.1) is 0 Å². The van der Waals surface area contributed by atoms with E-state index < -0.39 is 41.5 Å². The van der Waals surface area contributed by atoms with Crippen LogP contribution in [-0.2, 0) is 22.3 Å². The maximum atomic E-state index is 14.2. The molecule has 316 valence electrons. The van der Waals surface area contributed by atoms with Gasteiger partial charge in [-0.25, -0.2) is 9.59 Å². The van der Waals surface area contributed by atoms with Crippen LogP contribution in [0.5, 0.6) is 11.5 Å². The Hall–Kier alpha value is -5.90. The van der Waals surface area contributed by atoms with Crippen molar-refractivity contribution < 1.29 is 47.2 Å². The zero-order valence-corrected chi connectivity index (χ0v) is 32.8. The number of esters is 1. The van der Waals surface area contributed by atoms with Crippen LogP contribution in [0.1, 0.15) is 76.0 Å². The third kappa shape index (κ3) is 10.4. The molecule has 8 rings (SSSR count). The normalized spacial score (nSPS) is 18.4. The predicted molar refractivity (Wildman–Crippen MR) is 217 cm³/mol. The second-order valence-corrected chi connectivity index (χ2v) is 15.2. The highest BCUT2D eigenvalue weighted by Gasteiger charge is 2.38. The lowest BCUT2D eigenvalue weighted by Gasteiger charge is -2.43. The van der Waals surface area contributed by atoms with Gasteiger partial charge >= 0.3 is 18.2 Å². The van der Waals surface area contributed by atoms with E-state index in [0.29, 0.717) is 47.6 Å². The van der Waals surface area contributed by atoms with Gasteiger partial charge in [-0.3, -0.25) is 9.69 Å². The molecular formula is C45H47F3N4O8. The molecule has 3 unspecified atom stereocenters. The molecule has 0 spiro atoms. The first-order valence-electron chi connectivity index (χ1n) is 20.0. The Morgan fingerprint density at radius 2 is 1.70 bits per heavy atom. The van der Waals surface area contributed by atoms with Crippen molar-refractivity contribution in [2.75, 3.05) is 39.3 Å². The van der Waals surface area contributed by atoms with Gasteiger partial charge in [0.25, 0.3) is 0 Å². The summed E-state index contributed by atoms with van der Waals surface area (Å²) >= 11 is 0. The molecule has 4 aromatic carbocycles. The number of benzene rings is 4. The number of aliphatic hydroxyl groups excluding tert-OH is 1. The van der Waals surface area contributed by atoms with E-state index in [1.165, 1.54) is 24.3 Å².